The average molecular weight is 373 g/mol. The molecular formula is C21H21F2NO3. The predicted molar refractivity (Wildman–Crippen MR) is 96.8 cm³/mol. The molecule has 0 aliphatic heterocycles. The van der Waals surface area contributed by atoms with Gasteiger partial charge in [0.2, 0.25) is 0 Å². The van der Waals surface area contributed by atoms with Crippen LogP contribution in [-0.2, 0) is 4.79 Å². The van der Waals surface area contributed by atoms with E-state index in [-0.39, 0.29) is 23.8 Å². The number of fused-ring (bicyclic) bond motifs is 2. The molecule has 0 heterocycles. The molecule has 3 aliphatic carbocycles. The number of benzene rings is 2. The highest BCUT2D eigenvalue weighted by atomic mass is 19.1. The van der Waals surface area contributed by atoms with Crippen LogP contribution in [-0.4, -0.2) is 23.7 Å². The Labute approximate surface area is 156 Å². The van der Waals surface area contributed by atoms with Gasteiger partial charge in [0, 0.05) is 23.1 Å². The van der Waals surface area contributed by atoms with E-state index < -0.39 is 23.6 Å². The summed E-state index contributed by atoms with van der Waals surface area (Å²) >= 11 is 0. The molecule has 0 spiro atoms. The maximum absolute atomic E-state index is 15.2. The van der Waals surface area contributed by atoms with Crippen LogP contribution in [0.15, 0.2) is 30.3 Å². The molecule has 1 unspecified atom stereocenters. The fourth-order valence-corrected chi connectivity index (χ4v) is 3.64. The lowest BCUT2D eigenvalue weighted by molar-refractivity contribution is -0.137. The summed E-state index contributed by atoms with van der Waals surface area (Å²) in [5.74, 6) is -1.93. The van der Waals surface area contributed by atoms with E-state index in [1.54, 1.807) is 0 Å². The number of aliphatic carboxylic acids is 1. The van der Waals surface area contributed by atoms with Gasteiger partial charge >= 0.3 is 5.97 Å². The van der Waals surface area contributed by atoms with Crippen molar-refractivity contribution in [3.05, 3.63) is 53.1 Å². The van der Waals surface area contributed by atoms with Gasteiger partial charge in [0.05, 0.1) is 12.1 Å². The van der Waals surface area contributed by atoms with Crippen LogP contribution in [0.4, 0.5) is 8.78 Å². The predicted octanol–water partition coefficient (Wildman–Crippen LogP) is 4.42. The molecule has 0 radical (unpaired) electrons. The van der Waals surface area contributed by atoms with E-state index in [1.807, 2.05) is 30.3 Å². The van der Waals surface area contributed by atoms with Gasteiger partial charge in [0.1, 0.15) is 5.82 Å². The zero-order valence-electron chi connectivity index (χ0n) is 14.8. The lowest BCUT2D eigenvalue weighted by Gasteiger charge is -2.37. The summed E-state index contributed by atoms with van der Waals surface area (Å²) in [6.45, 7) is 0.366. The molecule has 0 amide bonds. The van der Waals surface area contributed by atoms with Gasteiger partial charge in [-0.3, -0.25) is 4.79 Å². The Hall–Kier alpha value is -2.47. The van der Waals surface area contributed by atoms with Crippen LogP contribution in [0.5, 0.6) is 5.75 Å². The Morgan fingerprint density at radius 3 is 2.52 bits per heavy atom. The molecule has 0 aromatic heterocycles. The summed E-state index contributed by atoms with van der Waals surface area (Å²) in [5, 5.41) is 11.8. The van der Waals surface area contributed by atoms with Gasteiger partial charge in [0.15, 0.2) is 11.6 Å². The second-order valence-corrected chi connectivity index (χ2v) is 7.08. The Kier molecular flexibility index (Phi) is 4.83. The quantitative estimate of drug-likeness (QED) is 0.673. The van der Waals surface area contributed by atoms with Crippen molar-refractivity contribution < 1.29 is 23.4 Å². The van der Waals surface area contributed by atoms with Gasteiger partial charge in [-0.2, -0.15) is 0 Å². The van der Waals surface area contributed by atoms with Crippen LogP contribution in [0.25, 0.3) is 11.1 Å². The number of hydrogen-bond donors (Lipinski definition) is 2. The van der Waals surface area contributed by atoms with E-state index in [9.17, 15) is 9.18 Å². The molecular weight excluding hydrogens is 352 g/mol. The summed E-state index contributed by atoms with van der Waals surface area (Å²) in [4.78, 5) is 10.7. The van der Waals surface area contributed by atoms with E-state index in [2.05, 4.69) is 5.32 Å². The first-order chi connectivity index (χ1) is 13.1. The Balaban J connectivity index is 1.67. The van der Waals surface area contributed by atoms with Crippen LogP contribution in [0, 0.1) is 11.6 Å². The smallest absolute Gasteiger partial charge is 0.303 e. The van der Waals surface area contributed by atoms with Crippen molar-refractivity contribution in [3.63, 3.8) is 0 Å². The van der Waals surface area contributed by atoms with Gasteiger partial charge in [-0.15, -0.1) is 0 Å². The second-order valence-electron chi connectivity index (χ2n) is 7.08. The van der Waals surface area contributed by atoms with Gasteiger partial charge in [-0.25, -0.2) is 8.78 Å². The molecule has 4 nitrogen and oxygen atoms in total. The molecule has 0 saturated heterocycles. The van der Waals surface area contributed by atoms with Gasteiger partial charge in [-0.1, -0.05) is 30.3 Å². The molecule has 142 valence electrons. The molecule has 2 bridgehead atoms. The Bertz CT molecular complexity index is 866. The zero-order valence-corrected chi connectivity index (χ0v) is 14.8. The van der Waals surface area contributed by atoms with Crippen molar-refractivity contribution in [2.75, 3.05) is 6.54 Å². The van der Waals surface area contributed by atoms with Crippen LogP contribution < -0.4 is 10.1 Å². The monoisotopic (exact) mass is 373 g/mol. The number of hydrogen-bond acceptors (Lipinski definition) is 3. The topological polar surface area (TPSA) is 58.6 Å². The summed E-state index contributed by atoms with van der Waals surface area (Å²) in [6, 6.07) is 8.57. The molecule has 6 heteroatoms. The number of halogens is 2. The minimum Gasteiger partial charge on any atom is -0.487 e. The molecule has 2 aromatic rings. The van der Waals surface area contributed by atoms with Crippen molar-refractivity contribution >= 4 is 5.97 Å². The van der Waals surface area contributed by atoms with E-state index in [0.717, 1.165) is 19.3 Å². The van der Waals surface area contributed by atoms with Crippen molar-refractivity contribution in [3.8, 4) is 16.9 Å². The Morgan fingerprint density at radius 2 is 1.89 bits per heavy atom. The molecule has 1 atom stereocenters. The van der Waals surface area contributed by atoms with E-state index in [4.69, 9.17) is 9.84 Å². The highest BCUT2D eigenvalue weighted by Gasteiger charge is 2.43. The number of carboxylic acids is 1. The highest BCUT2D eigenvalue weighted by molar-refractivity contribution is 5.80. The molecule has 1 fully saturated rings. The van der Waals surface area contributed by atoms with Crippen molar-refractivity contribution in [1.29, 1.82) is 0 Å². The lowest BCUT2D eigenvalue weighted by atomic mass is 9.78. The summed E-state index contributed by atoms with van der Waals surface area (Å²) in [6.07, 6.45) is 3.21. The molecule has 3 aliphatic rings. The van der Waals surface area contributed by atoms with Gasteiger partial charge in [0.25, 0.3) is 0 Å². The average Bonchev–Trinajstić information content (AvgIpc) is 2.62. The van der Waals surface area contributed by atoms with Gasteiger partial charge in [-0.05, 0) is 37.8 Å². The first-order valence-electron chi connectivity index (χ1n) is 9.30. The zero-order chi connectivity index (χ0) is 19.0. The lowest BCUT2D eigenvalue weighted by Crippen LogP contribution is -2.36. The van der Waals surface area contributed by atoms with E-state index in [1.165, 1.54) is 0 Å². The number of rotatable bonds is 8. The SMILES string of the molecule is O=C(O)CCCNC1c2c(F)c(OC3CCC3)c(-c3ccccc3)c1c2F. The first kappa shape index (κ1) is 17.9. The fraction of sp³-hybridized carbons (Fsp3) is 0.381. The summed E-state index contributed by atoms with van der Waals surface area (Å²) in [5.41, 5.74) is 1.57. The van der Waals surface area contributed by atoms with Crippen molar-refractivity contribution in [2.24, 2.45) is 0 Å². The van der Waals surface area contributed by atoms with Gasteiger partial charge < -0.3 is 15.2 Å². The molecule has 1 saturated carbocycles. The van der Waals surface area contributed by atoms with Crippen LogP contribution in [0.3, 0.4) is 0 Å². The third-order valence-corrected chi connectivity index (χ3v) is 5.30. The van der Waals surface area contributed by atoms with E-state index >= 15 is 4.39 Å². The maximum Gasteiger partial charge on any atom is 0.303 e. The minimum atomic E-state index is -0.887. The second kappa shape index (κ2) is 7.27. The van der Waals surface area contributed by atoms with Crippen LogP contribution in [0.1, 0.15) is 49.3 Å². The fourth-order valence-electron chi connectivity index (χ4n) is 3.64. The minimum absolute atomic E-state index is 0.00525. The number of nitrogens with one attached hydrogen (secondary N) is 1. The number of carboxylic acid groups (broad SMARTS) is 1. The third-order valence-electron chi connectivity index (χ3n) is 5.30. The van der Waals surface area contributed by atoms with Crippen LogP contribution >= 0.6 is 0 Å². The molecule has 2 aromatic carbocycles. The number of ether oxygens (including phenoxy) is 1. The van der Waals surface area contributed by atoms with E-state index in [0.29, 0.717) is 29.7 Å². The van der Waals surface area contributed by atoms with Crippen LogP contribution in [0.2, 0.25) is 0 Å². The molecule has 2 N–H and O–H groups in total. The highest BCUT2D eigenvalue weighted by Crippen LogP contribution is 2.52. The summed E-state index contributed by atoms with van der Waals surface area (Å²) < 4.78 is 35.7. The first-order valence-corrected chi connectivity index (χ1v) is 9.30. The Morgan fingerprint density at radius 1 is 1.15 bits per heavy atom. The normalized spacial score (nSPS) is 17.9. The third kappa shape index (κ3) is 3.18. The standard InChI is InChI=1S/C21H21F2NO3/c22-18-16-15(12-6-2-1-3-7-12)21(27-13-8-4-9-13)19(23)17(18)20(16)24-11-5-10-14(25)26/h1-3,6-7,13,20,24H,4-5,8-11H2,(H,25,26). The van der Waals surface area contributed by atoms with Crippen molar-refractivity contribution in [1.82, 2.24) is 5.32 Å². The summed E-state index contributed by atoms with van der Waals surface area (Å²) in [7, 11) is 0. The van der Waals surface area contributed by atoms with Crippen molar-refractivity contribution in [2.45, 2.75) is 44.2 Å². The molecule has 27 heavy (non-hydrogen) atoms. The largest absolute Gasteiger partial charge is 0.487 e. The number of carbonyl (C=O) groups is 1. The molecule has 5 rings (SSSR count). The maximum atomic E-state index is 15.2.